The second-order valence-electron chi connectivity index (χ2n) is 7.73. The smallest absolute Gasteiger partial charge is 0.318 e. The van der Waals surface area contributed by atoms with Gasteiger partial charge in [0.25, 0.3) is 0 Å². The highest BCUT2D eigenvalue weighted by molar-refractivity contribution is 6.30. The number of halogens is 2. The Morgan fingerprint density at radius 1 is 1.30 bits per heavy atom. The molecule has 1 atom stereocenters. The molecule has 0 saturated carbocycles. The van der Waals surface area contributed by atoms with Crippen LogP contribution in [0.2, 0.25) is 5.02 Å². The number of carbonyl (C=O) groups excluding carboxylic acids is 1. The fraction of sp³-hybridized carbons (Fsp3) is 0.304. The summed E-state index contributed by atoms with van der Waals surface area (Å²) in [5, 5.41) is 15.7. The van der Waals surface area contributed by atoms with Crippen molar-refractivity contribution in [3.05, 3.63) is 82.1 Å². The number of aromatic nitrogens is 3. The molecule has 1 aliphatic rings. The summed E-state index contributed by atoms with van der Waals surface area (Å²) in [6, 6.07) is 6.97. The van der Waals surface area contributed by atoms with E-state index in [1.54, 1.807) is 17.3 Å². The molecule has 0 radical (unpaired) electrons. The molecule has 33 heavy (non-hydrogen) atoms. The van der Waals surface area contributed by atoms with Gasteiger partial charge in [0.15, 0.2) is 0 Å². The Hall–Kier alpha value is -3.30. The number of rotatable bonds is 7. The van der Waals surface area contributed by atoms with Crippen molar-refractivity contribution < 1.29 is 14.3 Å². The molecule has 0 unspecified atom stereocenters. The van der Waals surface area contributed by atoms with Crippen LogP contribution in [0.5, 0.6) is 0 Å². The van der Waals surface area contributed by atoms with Crippen LogP contribution in [0.1, 0.15) is 28.4 Å². The van der Waals surface area contributed by atoms with Crippen LogP contribution in [0, 0.1) is 5.82 Å². The Balaban J connectivity index is 1.37. The number of carbonyl (C=O) groups is 1. The van der Waals surface area contributed by atoms with Gasteiger partial charge in [-0.2, -0.15) is 0 Å². The number of nitrogens with one attached hydrogen (secondary N) is 2. The van der Waals surface area contributed by atoms with E-state index in [4.69, 9.17) is 11.6 Å². The number of hydrogen-bond acceptors (Lipinski definition) is 6. The maximum absolute atomic E-state index is 13.4. The maximum Gasteiger partial charge on any atom is 0.318 e. The Morgan fingerprint density at radius 3 is 2.94 bits per heavy atom. The molecule has 1 aliphatic heterocycles. The third-order valence-corrected chi connectivity index (χ3v) is 5.77. The van der Waals surface area contributed by atoms with Crippen molar-refractivity contribution in [2.75, 3.05) is 25.0 Å². The van der Waals surface area contributed by atoms with Gasteiger partial charge in [0.2, 0.25) is 5.95 Å². The SMILES string of the molecule is O=C(N[C@H](CO)c1ccc(F)c(Cl)c1)N1CCc2cnc(NCCc3cccnc3)nc2C1. The number of aliphatic hydroxyl groups excluding tert-OH is 1. The predicted molar refractivity (Wildman–Crippen MR) is 122 cm³/mol. The zero-order valence-electron chi connectivity index (χ0n) is 17.8. The van der Waals surface area contributed by atoms with Gasteiger partial charge < -0.3 is 20.6 Å². The van der Waals surface area contributed by atoms with Gasteiger partial charge in [-0.05, 0) is 47.7 Å². The topological polar surface area (TPSA) is 103 Å². The molecule has 8 nitrogen and oxygen atoms in total. The van der Waals surface area contributed by atoms with Crippen molar-refractivity contribution in [1.29, 1.82) is 0 Å². The Morgan fingerprint density at radius 2 is 2.18 bits per heavy atom. The van der Waals surface area contributed by atoms with Crippen LogP contribution in [-0.4, -0.2) is 50.7 Å². The molecule has 2 amide bonds. The summed E-state index contributed by atoms with van der Waals surface area (Å²) < 4.78 is 13.4. The summed E-state index contributed by atoms with van der Waals surface area (Å²) in [4.78, 5) is 27.5. The fourth-order valence-corrected chi connectivity index (χ4v) is 3.82. The minimum atomic E-state index is -0.702. The molecule has 3 N–H and O–H groups in total. The maximum atomic E-state index is 13.4. The van der Waals surface area contributed by atoms with Crippen molar-refractivity contribution in [2.24, 2.45) is 0 Å². The number of anilines is 1. The first kappa shape index (κ1) is 22.9. The Kier molecular flexibility index (Phi) is 7.31. The highest BCUT2D eigenvalue weighted by Gasteiger charge is 2.25. The fourth-order valence-electron chi connectivity index (χ4n) is 3.63. The third-order valence-electron chi connectivity index (χ3n) is 5.48. The number of benzene rings is 1. The summed E-state index contributed by atoms with van der Waals surface area (Å²) in [6.45, 7) is 1.14. The van der Waals surface area contributed by atoms with Gasteiger partial charge in [-0.15, -0.1) is 0 Å². The molecule has 4 rings (SSSR count). The molecule has 0 bridgehead atoms. The lowest BCUT2D eigenvalue weighted by molar-refractivity contribution is 0.176. The standard InChI is InChI=1S/C23H24ClFN6O2/c24-18-10-16(3-4-19(18)25)21(14-32)30-23(33)31-9-6-17-12-28-22(29-20(17)13-31)27-8-5-15-2-1-7-26-11-15/h1-4,7,10-12,21,32H,5-6,8-9,13-14H2,(H,30,33)(H,27,28,29)/t21-/m1/s1. The number of hydrogen-bond donors (Lipinski definition) is 3. The van der Waals surface area contributed by atoms with Crippen LogP contribution in [0.15, 0.2) is 48.9 Å². The molecule has 172 valence electrons. The summed E-state index contributed by atoms with van der Waals surface area (Å²) in [7, 11) is 0. The lowest BCUT2D eigenvalue weighted by Crippen LogP contribution is -2.45. The molecular weight excluding hydrogens is 447 g/mol. The van der Waals surface area contributed by atoms with Crippen molar-refractivity contribution in [3.8, 4) is 0 Å². The van der Waals surface area contributed by atoms with E-state index >= 15 is 0 Å². The molecule has 3 heterocycles. The predicted octanol–water partition coefficient (Wildman–Crippen LogP) is 3.12. The minimum Gasteiger partial charge on any atom is -0.394 e. The van der Waals surface area contributed by atoms with Gasteiger partial charge in [-0.25, -0.2) is 19.2 Å². The van der Waals surface area contributed by atoms with Gasteiger partial charge in [0, 0.05) is 31.7 Å². The summed E-state index contributed by atoms with van der Waals surface area (Å²) in [5.41, 5.74) is 3.42. The monoisotopic (exact) mass is 470 g/mol. The van der Waals surface area contributed by atoms with Gasteiger partial charge in [0.1, 0.15) is 5.82 Å². The van der Waals surface area contributed by atoms with E-state index < -0.39 is 11.9 Å². The largest absolute Gasteiger partial charge is 0.394 e. The average Bonchev–Trinajstić information content (AvgIpc) is 2.84. The van der Waals surface area contributed by atoms with E-state index in [1.165, 1.54) is 18.2 Å². The molecule has 0 saturated heterocycles. The van der Waals surface area contributed by atoms with E-state index in [0.717, 1.165) is 23.2 Å². The van der Waals surface area contributed by atoms with Crippen molar-refractivity contribution >= 4 is 23.6 Å². The molecule has 0 aliphatic carbocycles. The number of fused-ring (bicyclic) bond motifs is 1. The Bertz CT molecular complexity index is 1120. The van der Waals surface area contributed by atoms with Crippen LogP contribution in [0.25, 0.3) is 0 Å². The lowest BCUT2D eigenvalue weighted by atomic mass is 10.1. The summed E-state index contributed by atoms with van der Waals surface area (Å²) in [5.74, 6) is -0.0466. The van der Waals surface area contributed by atoms with E-state index in [-0.39, 0.29) is 17.7 Å². The summed E-state index contributed by atoms with van der Waals surface area (Å²) >= 11 is 5.84. The van der Waals surface area contributed by atoms with Gasteiger partial charge in [-0.3, -0.25) is 4.98 Å². The zero-order valence-corrected chi connectivity index (χ0v) is 18.6. The van der Waals surface area contributed by atoms with Crippen molar-refractivity contribution in [3.63, 3.8) is 0 Å². The number of amides is 2. The lowest BCUT2D eigenvalue weighted by Gasteiger charge is -2.30. The second-order valence-corrected chi connectivity index (χ2v) is 8.14. The highest BCUT2D eigenvalue weighted by atomic mass is 35.5. The minimum absolute atomic E-state index is 0.0626. The first-order chi connectivity index (χ1) is 16.0. The zero-order chi connectivity index (χ0) is 23.2. The quantitative estimate of drug-likeness (QED) is 0.490. The van der Waals surface area contributed by atoms with Crippen LogP contribution >= 0.6 is 11.6 Å². The normalized spacial score (nSPS) is 13.8. The van der Waals surface area contributed by atoms with Crippen LogP contribution < -0.4 is 10.6 Å². The highest BCUT2D eigenvalue weighted by Crippen LogP contribution is 2.22. The molecule has 3 aromatic rings. The van der Waals surface area contributed by atoms with Crippen LogP contribution in [0.3, 0.4) is 0 Å². The third kappa shape index (κ3) is 5.74. The van der Waals surface area contributed by atoms with Gasteiger partial charge in [-0.1, -0.05) is 23.7 Å². The van der Waals surface area contributed by atoms with Gasteiger partial charge >= 0.3 is 6.03 Å². The van der Waals surface area contributed by atoms with Crippen LogP contribution in [0.4, 0.5) is 15.1 Å². The second kappa shape index (κ2) is 10.5. The number of pyridine rings is 1. The average molecular weight is 471 g/mol. The molecule has 10 heteroatoms. The van der Waals surface area contributed by atoms with E-state index in [1.807, 2.05) is 18.3 Å². The van der Waals surface area contributed by atoms with Crippen molar-refractivity contribution in [2.45, 2.75) is 25.4 Å². The van der Waals surface area contributed by atoms with Gasteiger partial charge in [0.05, 0.1) is 29.9 Å². The van der Waals surface area contributed by atoms with Crippen molar-refractivity contribution in [1.82, 2.24) is 25.2 Å². The molecule has 0 spiro atoms. The first-order valence-corrected chi connectivity index (χ1v) is 11.0. The Labute approximate surface area is 195 Å². The molecular formula is C23H24ClFN6O2. The van der Waals surface area contributed by atoms with E-state index in [2.05, 4.69) is 25.6 Å². The number of aliphatic hydroxyl groups is 1. The first-order valence-electron chi connectivity index (χ1n) is 10.6. The molecule has 0 fully saturated rings. The summed E-state index contributed by atoms with van der Waals surface area (Å²) in [6.07, 6.45) is 6.78. The molecule has 2 aromatic heterocycles. The van der Waals surface area contributed by atoms with E-state index in [9.17, 15) is 14.3 Å². The van der Waals surface area contributed by atoms with E-state index in [0.29, 0.717) is 37.6 Å². The van der Waals surface area contributed by atoms with Crippen LogP contribution in [-0.2, 0) is 19.4 Å². The number of nitrogens with zero attached hydrogens (tertiary/aromatic N) is 4. The molecule has 1 aromatic carbocycles. The number of urea groups is 1.